The molecule has 1 aliphatic rings. The zero-order valence-electron chi connectivity index (χ0n) is 17.5. The highest BCUT2D eigenvalue weighted by atomic mass is 35.5. The van der Waals surface area contributed by atoms with Gasteiger partial charge >= 0.3 is 0 Å². The molecule has 3 aromatic rings. The number of rotatable bonds is 5. The monoisotopic (exact) mass is 427 g/mol. The molecule has 30 heavy (non-hydrogen) atoms. The first-order valence-electron chi connectivity index (χ1n) is 10.1. The van der Waals surface area contributed by atoms with Gasteiger partial charge in [0.25, 0.3) is 0 Å². The van der Waals surface area contributed by atoms with Gasteiger partial charge in [0.05, 0.1) is 23.6 Å². The Labute approximate surface area is 180 Å². The second-order valence-corrected chi connectivity index (χ2v) is 9.28. The van der Waals surface area contributed by atoms with Gasteiger partial charge in [-0.2, -0.15) is 0 Å². The number of primary amides is 1. The fourth-order valence-corrected chi connectivity index (χ4v) is 3.95. The van der Waals surface area contributed by atoms with Crippen LogP contribution in [0.3, 0.4) is 0 Å². The number of imidazole rings is 1. The molecule has 9 heteroatoms. The number of amides is 1. The lowest BCUT2D eigenvalue weighted by Gasteiger charge is -2.22. The molecule has 1 aliphatic heterocycles. The maximum absolute atomic E-state index is 11.3. The lowest BCUT2D eigenvalue weighted by atomic mass is 9.96. The standard InChI is InChI=1S/C21H26ClN7O/c1-21(2,3)20-26-18(28-8-6-13(10-28)9-16(23)30)17-19(27-20)29(12-25-17)11-15-14(22)5-4-7-24-15/h4-5,7,12-13H,6,8-11H2,1-3H3,(H2,23,30)/t13-/m0/s1. The van der Waals surface area contributed by atoms with Gasteiger partial charge in [-0.05, 0) is 24.5 Å². The summed E-state index contributed by atoms with van der Waals surface area (Å²) in [7, 11) is 0. The Morgan fingerprint density at radius 1 is 1.30 bits per heavy atom. The Morgan fingerprint density at radius 3 is 2.80 bits per heavy atom. The molecule has 0 saturated carbocycles. The van der Waals surface area contributed by atoms with Gasteiger partial charge in [0.1, 0.15) is 5.82 Å². The number of fused-ring (bicyclic) bond motifs is 1. The topological polar surface area (TPSA) is 103 Å². The normalized spacial score (nSPS) is 17.1. The van der Waals surface area contributed by atoms with Crippen LogP contribution in [0.2, 0.25) is 5.02 Å². The Balaban J connectivity index is 1.76. The van der Waals surface area contributed by atoms with Gasteiger partial charge in [-0.1, -0.05) is 32.4 Å². The predicted molar refractivity (Wildman–Crippen MR) is 117 cm³/mol. The van der Waals surface area contributed by atoms with Crippen molar-refractivity contribution in [1.82, 2.24) is 24.5 Å². The van der Waals surface area contributed by atoms with Crippen LogP contribution in [0.4, 0.5) is 5.82 Å². The summed E-state index contributed by atoms with van der Waals surface area (Å²) in [6, 6.07) is 3.64. The molecule has 1 atom stereocenters. The molecule has 3 aromatic heterocycles. The molecule has 4 rings (SSSR count). The summed E-state index contributed by atoms with van der Waals surface area (Å²) >= 11 is 6.31. The van der Waals surface area contributed by atoms with E-state index in [1.54, 1.807) is 12.5 Å². The van der Waals surface area contributed by atoms with Gasteiger partial charge in [-0.25, -0.2) is 15.0 Å². The van der Waals surface area contributed by atoms with E-state index in [0.29, 0.717) is 18.0 Å². The molecule has 0 aliphatic carbocycles. The molecular weight excluding hydrogens is 402 g/mol. The molecule has 0 radical (unpaired) electrons. The highest BCUT2D eigenvalue weighted by Gasteiger charge is 2.29. The average molecular weight is 428 g/mol. The van der Waals surface area contributed by atoms with Gasteiger partial charge in [-0.3, -0.25) is 9.78 Å². The van der Waals surface area contributed by atoms with Crippen molar-refractivity contribution in [3.63, 3.8) is 0 Å². The summed E-state index contributed by atoms with van der Waals surface area (Å²) < 4.78 is 1.96. The molecule has 158 valence electrons. The summed E-state index contributed by atoms with van der Waals surface area (Å²) in [6.45, 7) is 8.29. The first-order chi connectivity index (χ1) is 14.2. The summed E-state index contributed by atoms with van der Waals surface area (Å²) in [5, 5.41) is 0.610. The van der Waals surface area contributed by atoms with Crippen LogP contribution >= 0.6 is 11.6 Å². The van der Waals surface area contributed by atoms with Crippen LogP contribution in [-0.4, -0.2) is 43.5 Å². The van der Waals surface area contributed by atoms with Crippen molar-refractivity contribution in [2.45, 2.75) is 45.6 Å². The van der Waals surface area contributed by atoms with Crippen LogP contribution in [0.5, 0.6) is 0 Å². The van der Waals surface area contributed by atoms with Crippen molar-refractivity contribution in [3.8, 4) is 0 Å². The molecule has 1 fully saturated rings. The van der Waals surface area contributed by atoms with Crippen LogP contribution in [0, 0.1) is 5.92 Å². The van der Waals surface area contributed by atoms with E-state index in [-0.39, 0.29) is 17.2 Å². The van der Waals surface area contributed by atoms with Gasteiger partial charge in [0.15, 0.2) is 17.0 Å². The van der Waals surface area contributed by atoms with Crippen molar-refractivity contribution in [3.05, 3.63) is 41.2 Å². The SMILES string of the molecule is CC(C)(C)c1nc(N2CC[C@@H](CC(N)=O)C2)c2ncn(Cc3ncccc3Cl)c2n1. The van der Waals surface area contributed by atoms with Crippen LogP contribution in [0.15, 0.2) is 24.7 Å². The lowest BCUT2D eigenvalue weighted by Crippen LogP contribution is -2.25. The molecule has 1 amide bonds. The van der Waals surface area contributed by atoms with Crippen LogP contribution in [0.25, 0.3) is 11.2 Å². The summed E-state index contributed by atoms with van der Waals surface area (Å²) in [6.07, 6.45) is 4.79. The number of nitrogens with zero attached hydrogens (tertiary/aromatic N) is 6. The molecule has 0 unspecified atom stereocenters. The first kappa shape index (κ1) is 20.5. The van der Waals surface area contributed by atoms with Crippen molar-refractivity contribution in [2.75, 3.05) is 18.0 Å². The zero-order chi connectivity index (χ0) is 21.5. The van der Waals surface area contributed by atoms with E-state index in [4.69, 9.17) is 27.3 Å². The van der Waals surface area contributed by atoms with Crippen LogP contribution < -0.4 is 10.6 Å². The van der Waals surface area contributed by atoms with E-state index in [1.807, 2.05) is 16.7 Å². The molecule has 0 spiro atoms. The van der Waals surface area contributed by atoms with Crippen LogP contribution in [0.1, 0.15) is 45.1 Å². The third-order valence-corrected chi connectivity index (χ3v) is 5.69. The highest BCUT2D eigenvalue weighted by molar-refractivity contribution is 6.31. The Morgan fingerprint density at radius 2 is 2.10 bits per heavy atom. The first-order valence-corrected chi connectivity index (χ1v) is 10.5. The van der Waals surface area contributed by atoms with E-state index < -0.39 is 0 Å². The number of carbonyl (C=O) groups is 1. The number of hydrogen-bond acceptors (Lipinski definition) is 6. The summed E-state index contributed by atoms with van der Waals surface area (Å²) in [5.41, 5.74) is 7.43. The minimum absolute atomic E-state index is 0.229. The van der Waals surface area contributed by atoms with E-state index in [9.17, 15) is 4.79 Å². The minimum Gasteiger partial charge on any atom is -0.370 e. The van der Waals surface area contributed by atoms with E-state index in [0.717, 1.165) is 48.0 Å². The highest BCUT2D eigenvalue weighted by Crippen LogP contribution is 2.32. The van der Waals surface area contributed by atoms with Crippen molar-refractivity contribution >= 4 is 34.5 Å². The molecule has 2 N–H and O–H groups in total. The largest absolute Gasteiger partial charge is 0.370 e. The Kier molecular flexibility index (Phi) is 5.36. The molecular formula is C21H26ClN7O. The number of nitrogens with two attached hydrogens (primary N) is 1. The Bertz CT molecular complexity index is 1090. The fourth-order valence-electron chi connectivity index (χ4n) is 3.77. The summed E-state index contributed by atoms with van der Waals surface area (Å²) in [4.78, 5) is 32.3. The smallest absolute Gasteiger partial charge is 0.217 e. The van der Waals surface area contributed by atoms with Crippen LogP contribution in [-0.2, 0) is 16.8 Å². The Hall–Kier alpha value is -2.74. The molecule has 8 nitrogen and oxygen atoms in total. The van der Waals surface area contributed by atoms with Crippen molar-refractivity contribution < 1.29 is 4.79 Å². The molecule has 0 bridgehead atoms. The summed E-state index contributed by atoms with van der Waals surface area (Å²) in [5.74, 6) is 1.53. The molecule has 0 aromatic carbocycles. The number of halogens is 1. The van der Waals surface area contributed by atoms with Crippen molar-refractivity contribution in [1.29, 1.82) is 0 Å². The average Bonchev–Trinajstić information content (AvgIpc) is 3.29. The molecule has 1 saturated heterocycles. The maximum Gasteiger partial charge on any atom is 0.217 e. The number of aromatic nitrogens is 5. The number of pyridine rings is 1. The van der Waals surface area contributed by atoms with Gasteiger partial charge in [0.2, 0.25) is 5.91 Å². The predicted octanol–water partition coefficient (Wildman–Crippen LogP) is 2.92. The number of anilines is 1. The lowest BCUT2D eigenvalue weighted by molar-refractivity contribution is -0.118. The van der Waals surface area contributed by atoms with E-state index >= 15 is 0 Å². The third kappa shape index (κ3) is 4.09. The quantitative estimate of drug-likeness (QED) is 0.671. The van der Waals surface area contributed by atoms with E-state index in [2.05, 4.69) is 35.6 Å². The van der Waals surface area contributed by atoms with Gasteiger partial charge in [0, 0.05) is 31.1 Å². The maximum atomic E-state index is 11.3. The second kappa shape index (κ2) is 7.83. The third-order valence-electron chi connectivity index (χ3n) is 5.35. The van der Waals surface area contributed by atoms with E-state index in [1.165, 1.54) is 0 Å². The fraction of sp³-hybridized carbons (Fsp3) is 0.476. The van der Waals surface area contributed by atoms with Gasteiger partial charge in [-0.15, -0.1) is 0 Å². The molecule has 4 heterocycles. The minimum atomic E-state index is -0.262. The number of carbonyl (C=O) groups excluding carboxylic acids is 1. The second-order valence-electron chi connectivity index (χ2n) is 8.87. The van der Waals surface area contributed by atoms with Gasteiger partial charge < -0.3 is 15.2 Å². The van der Waals surface area contributed by atoms with Crippen molar-refractivity contribution in [2.24, 2.45) is 11.7 Å². The zero-order valence-corrected chi connectivity index (χ0v) is 18.2. The number of hydrogen-bond donors (Lipinski definition) is 1.